The third-order valence-corrected chi connectivity index (χ3v) is 5.95. The van der Waals surface area contributed by atoms with Gasteiger partial charge in [-0.3, -0.25) is 4.79 Å². The molecule has 0 rings (SSSR count). The number of esters is 1. The van der Waals surface area contributed by atoms with Crippen molar-refractivity contribution in [2.75, 3.05) is 26.4 Å². The van der Waals surface area contributed by atoms with E-state index in [4.69, 9.17) is 19.7 Å². The molecular weight excluding hydrogens is 404 g/mol. The molecule has 5 heteroatoms. The molecule has 0 fully saturated rings. The third kappa shape index (κ3) is 25.6. The van der Waals surface area contributed by atoms with Crippen LogP contribution in [0.1, 0.15) is 135 Å². The first-order chi connectivity index (χ1) is 15.7. The van der Waals surface area contributed by atoms with E-state index in [0.717, 1.165) is 25.7 Å². The Labute approximate surface area is 198 Å². The van der Waals surface area contributed by atoms with Gasteiger partial charge in [-0.15, -0.1) is 0 Å². The molecular formula is C27H54O5. The van der Waals surface area contributed by atoms with Gasteiger partial charge in [0.15, 0.2) is 0 Å². The third-order valence-electron chi connectivity index (χ3n) is 5.95. The molecule has 0 radical (unpaired) electrons. The Hall–Kier alpha value is -0.650. The van der Waals surface area contributed by atoms with E-state index in [1.54, 1.807) is 0 Å². The summed E-state index contributed by atoms with van der Waals surface area (Å²) in [5.74, 6) is -0.00780. The van der Waals surface area contributed by atoms with E-state index in [2.05, 4.69) is 6.92 Å². The monoisotopic (exact) mass is 458 g/mol. The molecule has 2 N–H and O–H groups in total. The quantitative estimate of drug-likeness (QED) is 0.111. The van der Waals surface area contributed by atoms with Gasteiger partial charge in [0, 0.05) is 13.0 Å². The number of aliphatic hydroxyl groups is 2. The predicted molar refractivity (Wildman–Crippen MR) is 133 cm³/mol. The summed E-state index contributed by atoms with van der Waals surface area (Å²) in [5, 5.41) is 17.8. The van der Waals surface area contributed by atoms with Crippen molar-refractivity contribution in [2.24, 2.45) is 0 Å². The first-order valence-electron chi connectivity index (χ1n) is 13.7. The van der Waals surface area contributed by atoms with Gasteiger partial charge in [0.25, 0.3) is 0 Å². The predicted octanol–water partition coefficient (Wildman–Crippen LogP) is 6.72. The first-order valence-corrected chi connectivity index (χ1v) is 13.7. The van der Waals surface area contributed by atoms with Crippen LogP contribution in [0.15, 0.2) is 0 Å². The van der Waals surface area contributed by atoms with E-state index in [1.807, 2.05) is 0 Å². The minimum atomic E-state index is -0.738. The fourth-order valence-corrected chi connectivity index (χ4v) is 3.83. The number of aliphatic hydroxyl groups excluding tert-OH is 2. The second-order valence-electron chi connectivity index (χ2n) is 9.25. The summed E-state index contributed by atoms with van der Waals surface area (Å²) >= 11 is 0. The molecule has 0 aliphatic rings. The number of ether oxygens (including phenoxy) is 2. The van der Waals surface area contributed by atoms with Gasteiger partial charge in [-0.05, 0) is 19.3 Å². The van der Waals surface area contributed by atoms with E-state index in [9.17, 15) is 4.79 Å². The molecule has 0 aromatic rings. The molecule has 0 aromatic carbocycles. The summed E-state index contributed by atoms with van der Waals surface area (Å²) in [5.41, 5.74) is 0. The molecule has 0 saturated carbocycles. The van der Waals surface area contributed by atoms with E-state index in [1.165, 1.54) is 96.3 Å². The Morgan fingerprint density at radius 2 is 1.09 bits per heavy atom. The lowest BCUT2D eigenvalue weighted by molar-refractivity contribution is -0.143. The summed E-state index contributed by atoms with van der Waals surface area (Å²) in [6.07, 6.45) is 23.3. The lowest BCUT2D eigenvalue weighted by atomic mass is 10.0. The van der Waals surface area contributed by atoms with Gasteiger partial charge in [-0.1, -0.05) is 110 Å². The number of rotatable bonds is 26. The summed E-state index contributed by atoms with van der Waals surface area (Å²) in [4.78, 5) is 11.7. The van der Waals surface area contributed by atoms with Crippen molar-refractivity contribution in [2.45, 2.75) is 141 Å². The average molecular weight is 459 g/mol. The summed E-state index contributed by atoms with van der Waals surface area (Å²) in [7, 11) is 0. The zero-order valence-corrected chi connectivity index (χ0v) is 21.2. The van der Waals surface area contributed by atoms with Crippen LogP contribution in [-0.2, 0) is 14.3 Å². The standard InChI is InChI=1S/C27H54O5/c1-2-3-4-5-17-20-23-32-27(30)21-18-15-13-11-9-7-6-8-10-12-14-16-19-22-31-25-26(29)24-28/h26,28-29H,2-25H2,1H3. The van der Waals surface area contributed by atoms with Gasteiger partial charge in [0.1, 0.15) is 6.10 Å². The number of hydrogen-bond donors (Lipinski definition) is 2. The lowest BCUT2D eigenvalue weighted by Crippen LogP contribution is -2.19. The number of carbonyl (C=O) groups is 1. The van der Waals surface area contributed by atoms with E-state index in [0.29, 0.717) is 19.6 Å². The molecule has 0 aliphatic heterocycles. The van der Waals surface area contributed by atoms with Crippen molar-refractivity contribution in [3.8, 4) is 0 Å². The molecule has 0 heterocycles. The minimum Gasteiger partial charge on any atom is -0.466 e. The van der Waals surface area contributed by atoms with E-state index >= 15 is 0 Å². The maximum atomic E-state index is 11.7. The normalized spacial score (nSPS) is 12.2. The van der Waals surface area contributed by atoms with Crippen LogP contribution in [0.5, 0.6) is 0 Å². The summed E-state index contributed by atoms with van der Waals surface area (Å²) in [6.45, 7) is 3.52. The highest BCUT2D eigenvalue weighted by molar-refractivity contribution is 5.69. The zero-order chi connectivity index (χ0) is 23.5. The molecule has 0 spiro atoms. The van der Waals surface area contributed by atoms with Gasteiger partial charge in [0.2, 0.25) is 0 Å². The van der Waals surface area contributed by atoms with Crippen molar-refractivity contribution in [3.63, 3.8) is 0 Å². The van der Waals surface area contributed by atoms with Crippen LogP contribution in [0, 0.1) is 0 Å². The fourth-order valence-electron chi connectivity index (χ4n) is 3.83. The first kappa shape index (κ1) is 31.4. The second-order valence-corrected chi connectivity index (χ2v) is 9.25. The number of unbranched alkanes of at least 4 members (excludes halogenated alkanes) is 17. The van der Waals surface area contributed by atoms with Crippen molar-refractivity contribution in [1.29, 1.82) is 0 Å². The van der Waals surface area contributed by atoms with Gasteiger partial charge >= 0.3 is 5.97 Å². The Balaban J connectivity index is 3.13. The van der Waals surface area contributed by atoms with Crippen molar-refractivity contribution >= 4 is 5.97 Å². The van der Waals surface area contributed by atoms with Crippen LogP contribution >= 0.6 is 0 Å². The van der Waals surface area contributed by atoms with Gasteiger partial charge in [-0.2, -0.15) is 0 Å². The van der Waals surface area contributed by atoms with Gasteiger partial charge < -0.3 is 19.7 Å². The minimum absolute atomic E-state index is 0.00780. The molecule has 1 atom stereocenters. The van der Waals surface area contributed by atoms with Gasteiger partial charge in [-0.25, -0.2) is 0 Å². The van der Waals surface area contributed by atoms with Crippen molar-refractivity contribution in [1.82, 2.24) is 0 Å². The Morgan fingerprint density at radius 1 is 0.656 bits per heavy atom. The molecule has 32 heavy (non-hydrogen) atoms. The van der Waals surface area contributed by atoms with Crippen LogP contribution in [0.2, 0.25) is 0 Å². The molecule has 0 bridgehead atoms. The maximum Gasteiger partial charge on any atom is 0.305 e. The van der Waals surface area contributed by atoms with Gasteiger partial charge in [0.05, 0.1) is 19.8 Å². The number of carbonyl (C=O) groups excluding carboxylic acids is 1. The smallest absolute Gasteiger partial charge is 0.305 e. The molecule has 1 unspecified atom stereocenters. The molecule has 0 saturated heterocycles. The van der Waals surface area contributed by atoms with Crippen LogP contribution in [0.25, 0.3) is 0 Å². The maximum absolute atomic E-state index is 11.7. The highest BCUT2D eigenvalue weighted by Gasteiger charge is 2.03. The Kier molecular flexibility index (Phi) is 26.1. The Bertz CT molecular complexity index is 375. The molecule has 0 aliphatic carbocycles. The van der Waals surface area contributed by atoms with Crippen molar-refractivity contribution in [3.05, 3.63) is 0 Å². The van der Waals surface area contributed by atoms with E-state index < -0.39 is 6.10 Å². The zero-order valence-electron chi connectivity index (χ0n) is 21.2. The van der Waals surface area contributed by atoms with E-state index in [-0.39, 0.29) is 19.2 Å². The van der Waals surface area contributed by atoms with Crippen LogP contribution in [-0.4, -0.2) is 48.7 Å². The largest absolute Gasteiger partial charge is 0.466 e. The van der Waals surface area contributed by atoms with Crippen LogP contribution in [0.3, 0.4) is 0 Å². The highest BCUT2D eigenvalue weighted by atomic mass is 16.5. The van der Waals surface area contributed by atoms with Crippen LogP contribution < -0.4 is 0 Å². The highest BCUT2D eigenvalue weighted by Crippen LogP contribution is 2.13. The van der Waals surface area contributed by atoms with Crippen LogP contribution in [0.4, 0.5) is 0 Å². The SMILES string of the molecule is CCCCCCCCOC(=O)CCCCCCCCCCCCCCCOCC(O)CO. The topological polar surface area (TPSA) is 76.0 Å². The molecule has 5 nitrogen and oxygen atoms in total. The fraction of sp³-hybridized carbons (Fsp3) is 0.963. The average Bonchev–Trinajstić information content (AvgIpc) is 2.80. The molecule has 0 amide bonds. The second kappa shape index (κ2) is 26.6. The number of hydrogen-bond acceptors (Lipinski definition) is 5. The lowest BCUT2D eigenvalue weighted by Gasteiger charge is -2.08. The Morgan fingerprint density at radius 3 is 1.59 bits per heavy atom. The van der Waals surface area contributed by atoms with Crippen molar-refractivity contribution < 1.29 is 24.5 Å². The summed E-state index contributed by atoms with van der Waals surface area (Å²) in [6, 6.07) is 0. The molecule has 192 valence electrons. The molecule has 0 aromatic heterocycles. The summed E-state index contributed by atoms with van der Waals surface area (Å²) < 4.78 is 10.6.